The van der Waals surface area contributed by atoms with Crippen LogP contribution in [0.2, 0.25) is 0 Å². The van der Waals surface area contributed by atoms with Crippen molar-refractivity contribution in [2.75, 3.05) is 45.5 Å². The van der Waals surface area contributed by atoms with Crippen LogP contribution in [0.3, 0.4) is 0 Å². The average Bonchev–Trinajstić information content (AvgIpc) is 2.84. The summed E-state index contributed by atoms with van der Waals surface area (Å²) in [6.45, 7) is 3.36. The van der Waals surface area contributed by atoms with E-state index in [9.17, 15) is 0 Å². The van der Waals surface area contributed by atoms with Crippen molar-refractivity contribution >= 4 is 5.69 Å². The summed E-state index contributed by atoms with van der Waals surface area (Å²) in [5.41, 5.74) is 2.69. The summed E-state index contributed by atoms with van der Waals surface area (Å²) in [4.78, 5) is 0. The van der Waals surface area contributed by atoms with Crippen LogP contribution in [-0.2, 0) is 20.6 Å². The van der Waals surface area contributed by atoms with Gasteiger partial charge < -0.3 is 19.5 Å². The van der Waals surface area contributed by atoms with Crippen molar-refractivity contribution in [2.24, 2.45) is 0 Å². The zero-order chi connectivity index (χ0) is 13.3. The minimum Gasteiger partial charge on any atom is -0.382 e. The number of ether oxygens (including phenoxy) is 3. The molecule has 0 aromatic heterocycles. The third-order valence-electron chi connectivity index (χ3n) is 3.26. The molecule has 0 spiro atoms. The van der Waals surface area contributed by atoms with Crippen LogP contribution in [0.5, 0.6) is 0 Å². The molecule has 0 aliphatic carbocycles. The van der Waals surface area contributed by atoms with Crippen LogP contribution in [0.25, 0.3) is 0 Å². The number of nitrogens with one attached hydrogen (secondary N) is 1. The van der Waals surface area contributed by atoms with Gasteiger partial charge in [-0.3, -0.25) is 0 Å². The largest absolute Gasteiger partial charge is 0.382 e. The van der Waals surface area contributed by atoms with E-state index < -0.39 is 0 Å². The lowest BCUT2D eigenvalue weighted by Gasteiger charge is -2.11. The molecule has 4 nitrogen and oxygen atoms in total. The van der Waals surface area contributed by atoms with E-state index in [0.717, 1.165) is 19.4 Å². The van der Waals surface area contributed by atoms with Gasteiger partial charge in [-0.25, -0.2) is 0 Å². The lowest BCUT2D eigenvalue weighted by Crippen LogP contribution is -2.18. The first-order chi connectivity index (χ1) is 9.40. The molecule has 0 saturated carbocycles. The Morgan fingerprint density at radius 3 is 2.58 bits per heavy atom. The van der Waals surface area contributed by atoms with E-state index in [0.29, 0.717) is 32.5 Å². The summed E-state index contributed by atoms with van der Waals surface area (Å²) in [6, 6.07) is 9.00. The molecule has 1 aliphatic heterocycles. The molecule has 1 atom stereocenters. The molecule has 0 amide bonds. The quantitative estimate of drug-likeness (QED) is 0.694. The van der Waals surface area contributed by atoms with Gasteiger partial charge in [-0.15, -0.1) is 0 Å². The van der Waals surface area contributed by atoms with E-state index in [1.807, 2.05) is 0 Å². The zero-order valence-corrected chi connectivity index (χ0v) is 11.6. The first-order valence-electron chi connectivity index (χ1n) is 6.89. The van der Waals surface area contributed by atoms with E-state index in [1.54, 1.807) is 7.11 Å². The smallest absolute Gasteiger partial charge is 0.0701 e. The van der Waals surface area contributed by atoms with Gasteiger partial charge in [0.2, 0.25) is 0 Å². The van der Waals surface area contributed by atoms with Gasteiger partial charge in [-0.2, -0.15) is 0 Å². The number of para-hydroxylation sites is 1. The van der Waals surface area contributed by atoms with Gasteiger partial charge in [0.25, 0.3) is 0 Å². The van der Waals surface area contributed by atoms with Crippen molar-refractivity contribution in [3.8, 4) is 0 Å². The Hall–Kier alpha value is -1.10. The molecule has 0 fully saturated rings. The summed E-state index contributed by atoms with van der Waals surface area (Å²) >= 11 is 0. The third kappa shape index (κ3) is 4.82. The molecule has 2 rings (SSSR count). The fourth-order valence-corrected chi connectivity index (χ4v) is 2.24. The minimum atomic E-state index is 0.506. The minimum absolute atomic E-state index is 0.506. The van der Waals surface area contributed by atoms with Crippen LogP contribution < -0.4 is 5.32 Å². The van der Waals surface area contributed by atoms with Crippen molar-refractivity contribution in [3.63, 3.8) is 0 Å². The van der Waals surface area contributed by atoms with Gasteiger partial charge >= 0.3 is 0 Å². The number of hydrogen-bond acceptors (Lipinski definition) is 4. The van der Waals surface area contributed by atoms with Gasteiger partial charge in [0.1, 0.15) is 0 Å². The average molecular weight is 265 g/mol. The molecule has 4 heteroatoms. The standard InChI is InChI=1S/C15H23NO3/c1-17-8-9-19-11-10-18-7-6-14-12-13-4-2-3-5-15(13)16-14/h2-5,14,16H,6-12H2,1H3. The summed E-state index contributed by atoms with van der Waals surface area (Å²) in [5.74, 6) is 0. The zero-order valence-electron chi connectivity index (χ0n) is 11.6. The molecule has 0 radical (unpaired) electrons. The monoisotopic (exact) mass is 265 g/mol. The van der Waals surface area contributed by atoms with Crippen LogP contribution in [0.1, 0.15) is 12.0 Å². The molecule has 1 unspecified atom stereocenters. The number of fused-ring (bicyclic) bond motifs is 1. The Morgan fingerprint density at radius 2 is 1.79 bits per heavy atom. The van der Waals surface area contributed by atoms with Crippen LogP contribution in [-0.4, -0.2) is 46.2 Å². The van der Waals surface area contributed by atoms with Gasteiger partial charge in [0.05, 0.1) is 26.4 Å². The number of anilines is 1. The molecular formula is C15H23NO3. The van der Waals surface area contributed by atoms with Crippen molar-refractivity contribution in [1.82, 2.24) is 0 Å². The fourth-order valence-electron chi connectivity index (χ4n) is 2.24. The number of rotatable bonds is 9. The highest BCUT2D eigenvalue weighted by atomic mass is 16.5. The second kappa shape index (κ2) is 8.15. The number of benzene rings is 1. The molecular weight excluding hydrogens is 242 g/mol. The van der Waals surface area contributed by atoms with Crippen LogP contribution >= 0.6 is 0 Å². The van der Waals surface area contributed by atoms with Crippen molar-refractivity contribution in [3.05, 3.63) is 29.8 Å². The van der Waals surface area contributed by atoms with E-state index in [-0.39, 0.29) is 0 Å². The van der Waals surface area contributed by atoms with E-state index in [2.05, 4.69) is 29.6 Å². The molecule has 19 heavy (non-hydrogen) atoms. The fraction of sp³-hybridized carbons (Fsp3) is 0.600. The maximum absolute atomic E-state index is 5.57. The summed E-state index contributed by atoms with van der Waals surface area (Å²) in [7, 11) is 1.67. The summed E-state index contributed by atoms with van der Waals surface area (Å²) in [6.07, 6.45) is 2.14. The Morgan fingerprint density at radius 1 is 1.05 bits per heavy atom. The maximum Gasteiger partial charge on any atom is 0.0701 e. The van der Waals surface area contributed by atoms with Crippen molar-refractivity contribution < 1.29 is 14.2 Å². The van der Waals surface area contributed by atoms with Crippen LogP contribution in [0.15, 0.2) is 24.3 Å². The second-order valence-corrected chi connectivity index (χ2v) is 4.71. The van der Waals surface area contributed by atoms with Crippen molar-refractivity contribution in [1.29, 1.82) is 0 Å². The summed E-state index contributed by atoms with van der Waals surface area (Å²) in [5, 5.41) is 3.53. The lowest BCUT2D eigenvalue weighted by atomic mass is 10.1. The molecule has 1 N–H and O–H groups in total. The van der Waals surface area contributed by atoms with Gasteiger partial charge in [0, 0.05) is 25.4 Å². The highest BCUT2D eigenvalue weighted by Crippen LogP contribution is 2.26. The number of methoxy groups -OCH3 is 1. The van der Waals surface area contributed by atoms with Crippen LogP contribution in [0.4, 0.5) is 5.69 Å². The summed E-state index contributed by atoms with van der Waals surface area (Å²) < 4.78 is 15.8. The van der Waals surface area contributed by atoms with Crippen LogP contribution in [0, 0.1) is 0 Å². The Balaban J connectivity index is 1.49. The van der Waals surface area contributed by atoms with Gasteiger partial charge in [0.15, 0.2) is 0 Å². The lowest BCUT2D eigenvalue weighted by molar-refractivity contribution is 0.0237. The van der Waals surface area contributed by atoms with Gasteiger partial charge in [-0.1, -0.05) is 18.2 Å². The predicted octanol–water partition coefficient (Wildman–Crippen LogP) is 2.09. The Labute approximate surface area is 115 Å². The SMILES string of the molecule is COCCOCCOCCC1Cc2ccccc2N1. The third-order valence-corrected chi connectivity index (χ3v) is 3.26. The predicted molar refractivity (Wildman–Crippen MR) is 75.7 cm³/mol. The highest BCUT2D eigenvalue weighted by Gasteiger charge is 2.19. The topological polar surface area (TPSA) is 39.7 Å². The second-order valence-electron chi connectivity index (χ2n) is 4.71. The molecule has 1 aromatic carbocycles. The molecule has 0 saturated heterocycles. The first-order valence-corrected chi connectivity index (χ1v) is 6.89. The molecule has 1 aromatic rings. The molecule has 106 valence electrons. The van der Waals surface area contributed by atoms with E-state index in [4.69, 9.17) is 14.2 Å². The van der Waals surface area contributed by atoms with E-state index >= 15 is 0 Å². The normalized spacial score (nSPS) is 17.2. The Kier molecular flexibility index (Phi) is 6.14. The van der Waals surface area contributed by atoms with Gasteiger partial charge in [-0.05, 0) is 24.5 Å². The molecule has 1 aliphatic rings. The molecule has 0 bridgehead atoms. The molecule has 1 heterocycles. The maximum atomic E-state index is 5.57. The highest BCUT2D eigenvalue weighted by molar-refractivity contribution is 5.56. The Bertz CT molecular complexity index is 345. The number of hydrogen-bond donors (Lipinski definition) is 1. The van der Waals surface area contributed by atoms with Crippen molar-refractivity contribution in [2.45, 2.75) is 18.9 Å². The van der Waals surface area contributed by atoms with E-state index in [1.165, 1.54) is 11.3 Å². The first kappa shape index (κ1) is 14.3.